The number of nitrogens with zero attached hydrogens (tertiary/aromatic N) is 2. The number of aliphatic imine (C=N–C) groups is 1. The molecule has 0 aliphatic carbocycles. The maximum atomic E-state index is 13.6. The molecule has 1 heterocycles. The molecule has 0 radical (unpaired) electrons. The van der Waals surface area contributed by atoms with Gasteiger partial charge < -0.3 is 14.2 Å². The number of nitrogens with one attached hydrogen (secondary N) is 1. The first-order valence-corrected chi connectivity index (χ1v) is 10.4. The molecule has 0 amide bonds. The first-order valence-electron chi connectivity index (χ1n) is 10.4. The van der Waals surface area contributed by atoms with Gasteiger partial charge >= 0.3 is 0 Å². The molecule has 0 saturated heterocycles. The molecule has 3 aromatic carbocycles. The fourth-order valence-electron chi connectivity index (χ4n) is 3.62. The van der Waals surface area contributed by atoms with Gasteiger partial charge in [-0.1, -0.05) is 30.3 Å². The van der Waals surface area contributed by atoms with Crippen molar-refractivity contribution >= 4 is 11.4 Å². The molecule has 0 aliphatic heterocycles. The molecule has 33 heavy (non-hydrogen) atoms. The Balaban J connectivity index is 1.90. The lowest BCUT2D eigenvalue weighted by Crippen LogP contribution is -2.19. The highest BCUT2D eigenvalue weighted by Crippen LogP contribution is 2.32. The second-order valence-electron chi connectivity index (χ2n) is 7.30. The fourth-order valence-corrected chi connectivity index (χ4v) is 3.62. The van der Waals surface area contributed by atoms with Crippen molar-refractivity contribution in [3.05, 3.63) is 88.7 Å². The lowest BCUT2D eigenvalue weighted by molar-refractivity contribution is 0.404. The number of aromatic amines is 1. The Hall–Kier alpha value is -4.26. The normalized spacial score (nSPS) is 11.3. The highest BCUT2D eigenvalue weighted by atomic mass is 16.5. The van der Waals surface area contributed by atoms with Gasteiger partial charge in [0.05, 0.1) is 44.0 Å². The van der Waals surface area contributed by atoms with Crippen molar-refractivity contribution in [3.63, 3.8) is 0 Å². The quantitative estimate of drug-likeness (QED) is 0.408. The molecule has 0 saturated carbocycles. The fraction of sp³-hybridized carbons (Fsp3) is 0.154. The smallest absolute Gasteiger partial charge is 0.280 e. The molecule has 168 valence electrons. The number of aromatic nitrogens is 2. The summed E-state index contributed by atoms with van der Waals surface area (Å²) in [5.74, 6) is 1.95. The minimum absolute atomic E-state index is 0.206. The van der Waals surface area contributed by atoms with E-state index in [9.17, 15) is 4.79 Å². The van der Waals surface area contributed by atoms with E-state index in [-0.39, 0.29) is 5.56 Å². The standard InChI is InChI=1S/C26H25N3O4/c1-17(27-22-16-21(32-3)14-15-23(22)33-4)24-25(18-8-6-5-7-9-18)28-29(26(24)30)19-10-12-20(31-2)13-11-19/h5-16,28H,1-4H3. The van der Waals surface area contributed by atoms with Crippen LogP contribution in [0.3, 0.4) is 0 Å². The number of ether oxygens (including phenoxy) is 3. The zero-order chi connectivity index (χ0) is 23.4. The Morgan fingerprint density at radius 2 is 1.52 bits per heavy atom. The zero-order valence-electron chi connectivity index (χ0n) is 19.0. The Morgan fingerprint density at radius 1 is 0.848 bits per heavy atom. The summed E-state index contributed by atoms with van der Waals surface area (Å²) in [6.07, 6.45) is 0. The van der Waals surface area contributed by atoms with Crippen LogP contribution in [0.1, 0.15) is 12.5 Å². The van der Waals surface area contributed by atoms with Gasteiger partial charge in [-0.3, -0.25) is 9.89 Å². The van der Waals surface area contributed by atoms with E-state index < -0.39 is 0 Å². The van der Waals surface area contributed by atoms with Crippen LogP contribution in [0.5, 0.6) is 17.2 Å². The molecule has 0 fully saturated rings. The molecule has 0 bridgehead atoms. The van der Waals surface area contributed by atoms with Gasteiger partial charge in [-0.2, -0.15) is 0 Å². The van der Waals surface area contributed by atoms with Crippen LogP contribution in [0, 0.1) is 0 Å². The minimum Gasteiger partial charge on any atom is -0.497 e. The Labute approximate surface area is 191 Å². The number of hydrogen-bond donors (Lipinski definition) is 1. The molecule has 1 N–H and O–H groups in total. The van der Waals surface area contributed by atoms with E-state index in [2.05, 4.69) is 5.10 Å². The van der Waals surface area contributed by atoms with Crippen molar-refractivity contribution in [1.82, 2.24) is 9.78 Å². The molecule has 0 aliphatic rings. The first-order chi connectivity index (χ1) is 16.0. The summed E-state index contributed by atoms with van der Waals surface area (Å²) in [7, 11) is 4.78. The third-order valence-electron chi connectivity index (χ3n) is 5.32. The van der Waals surface area contributed by atoms with Gasteiger partial charge in [0, 0.05) is 11.6 Å². The van der Waals surface area contributed by atoms with Crippen molar-refractivity contribution in [2.75, 3.05) is 21.3 Å². The largest absolute Gasteiger partial charge is 0.497 e. The molecule has 4 aromatic rings. The van der Waals surface area contributed by atoms with Gasteiger partial charge in [0.1, 0.15) is 22.9 Å². The average molecular weight is 444 g/mol. The van der Waals surface area contributed by atoms with Gasteiger partial charge in [0.2, 0.25) is 0 Å². The monoisotopic (exact) mass is 443 g/mol. The summed E-state index contributed by atoms with van der Waals surface area (Å²) < 4.78 is 17.5. The second-order valence-corrected chi connectivity index (χ2v) is 7.30. The molecule has 4 rings (SSSR count). The number of rotatable bonds is 7. The second kappa shape index (κ2) is 9.48. The Morgan fingerprint density at radius 3 is 2.15 bits per heavy atom. The van der Waals surface area contributed by atoms with E-state index in [1.165, 1.54) is 4.68 Å². The SMILES string of the molecule is COc1ccc(-n2[nH]c(-c3ccccc3)c(C(C)=Nc3cc(OC)ccc3OC)c2=O)cc1. The van der Waals surface area contributed by atoms with E-state index >= 15 is 0 Å². The summed E-state index contributed by atoms with van der Waals surface area (Å²) >= 11 is 0. The Kier molecular flexibility index (Phi) is 6.31. The van der Waals surface area contributed by atoms with Crippen LogP contribution in [-0.4, -0.2) is 36.8 Å². The third-order valence-corrected chi connectivity index (χ3v) is 5.32. The zero-order valence-corrected chi connectivity index (χ0v) is 19.0. The number of methoxy groups -OCH3 is 3. The molecular formula is C26H25N3O4. The van der Waals surface area contributed by atoms with E-state index in [1.807, 2.05) is 61.5 Å². The van der Waals surface area contributed by atoms with Crippen molar-refractivity contribution < 1.29 is 14.2 Å². The molecular weight excluding hydrogens is 418 g/mol. The van der Waals surface area contributed by atoms with E-state index in [1.54, 1.807) is 39.5 Å². The average Bonchev–Trinajstić information content (AvgIpc) is 3.21. The molecule has 1 aromatic heterocycles. The van der Waals surface area contributed by atoms with Crippen molar-refractivity contribution in [2.24, 2.45) is 4.99 Å². The van der Waals surface area contributed by atoms with Crippen molar-refractivity contribution in [1.29, 1.82) is 0 Å². The van der Waals surface area contributed by atoms with Crippen LogP contribution in [-0.2, 0) is 0 Å². The predicted octanol–water partition coefficient (Wildman–Crippen LogP) is 5.00. The van der Waals surface area contributed by atoms with Crippen LogP contribution in [0.2, 0.25) is 0 Å². The molecule has 0 atom stereocenters. The molecule has 7 nitrogen and oxygen atoms in total. The van der Waals surface area contributed by atoms with Crippen LogP contribution in [0.4, 0.5) is 5.69 Å². The summed E-state index contributed by atoms with van der Waals surface area (Å²) in [4.78, 5) is 18.3. The van der Waals surface area contributed by atoms with Gasteiger partial charge in [-0.25, -0.2) is 9.67 Å². The molecule has 7 heteroatoms. The first kappa shape index (κ1) is 22.0. The van der Waals surface area contributed by atoms with E-state index in [4.69, 9.17) is 19.2 Å². The van der Waals surface area contributed by atoms with Crippen LogP contribution >= 0.6 is 0 Å². The number of benzene rings is 3. The van der Waals surface area contributed by atoms with Crippen LogP contribution in [0.15, 0.2) is 82.6 Å². The summed E-state index contributed by atoms with van der Waals surface area (Å²) in [6, 6.07) is 22.3. The number of hydrogen-bond acceptors (Lipinski definition) is 5. The van der Waals surface area contributed by atoms with Crippen LogP contribution < -0.4 is 19.8 Å². The number of H-pyrrole nitrogens is 1. The summed E-state index contributed by atoms with van der Waals surface area (Å²) in [5.41, 5.74) is 3.64. The van der Waals surface area contributed by atoms with Gasteiger partial charge in [-0.05, 0) is 43.3 Å². The summed E-state index contributed by atoms with van der Waals surface area (Å²) in [6.45, 7) is 1.81. The molecule has 0 unspecified atom stereocenters. The summed E-state index contributed by atoms with van der Waals surface area (Å²) in [5, 5.41) is 3.26. The minimum atomic E-state index is -0.206. The third kappa shape index (κ3) is 4.39. The van der Waals surface area contributed by atoms with Gasteiger partial charge in [0.15, 0.2) is 0 Å². The van der Waals surface area contributed by atoms with Gasteiger partial charge in [0.25, 0.3) is 5.56 Å². The van der Waals surface area contributed by atoms with Crippen molar-refractivity contribution in [3.8, 4) is 34.2 Å². The van der Waals surface area contributed by atoms with E-state index in [0.717, 1.165) is 5.56 Å². The lowest BCUT2D eigenvalue weighted by atomic mass is 10.1. The molecule has 0 spiro atoms. The lowest BCUT2D eigenvalue weighted by Gasteiger charge is -2.08. The maximum Gasteiger partial charge on any atom is 0.280 e. The maximum absolute atomic E-state index is 13.6. The highest BCUT2D eigenvalue weighted by molar-refractivity contribution is 6.05. The highest BCUT2D eigenvalue weighted by Gasteiger charge is 2.20. The van der Waals surface area contributed by atoms with Crippen molar-refractivity contribution in [2.45, 2.75) is 6.92 Å². The van der Waals surface area contributed by atoms with Gasteiger partial charge in [-0.15, -0.1) is 0 Å². The van der Waals surface area contributed by atoms with Crippen LogP contribution in [0.25, 0.3) is 16.9 Å². The Bertz CT molecular complexity index is 1340. The predicted molar refractivity (Wildman–Crippen MR) is 130 cm³/mol. The van der Waals surface area contributed by atoms with E-state index in [0.29, 0.717) is 45.6 Å². The topological polar surface area (TPSA) is 77.8 Å².